The van der Waals surface area contributed by atoms with Crippen LogP contribution >= 0.6 is 27.3 Å². The molecule has 1 heterocycles. The highest BCUT2D eigenvalue weighted by Gasteiger charge is 2.17. The summed E-state index contributed by atoms with van der Waals surface area (Å²) in [5.41, 5.74) is 0. The lowest BCUT2D eigenvalue weighted by molar-refractivity contribution is 0.209. The molecule has 0 atom stereocenters. The van der Waals surface area contributed by atoms with Gasteiger partial charge in [0.2, 0.25) is 0 Å². The number of rotatable bonds is 2. The highest BCUT2D eigenvalue weighted by Crippen LogP contribution is 2.32. The maximum absolute atomic E-state index is 5.81. The van der Waals surface area contributed by atoms with Crippen LogP contribution in [-0.2, 0) is 0 Å². The molecule has 0 bridgehead atoms. The smallest absolute Gasteiger partial charge is 0.144 e. The summed E-state index contributed by atoms with van der Waals surface area (Å²) in [7, 11) is 0. The summed E-state index contributed by atoms with van der Waals surface area (Å²) in [6.45, 7) is 0. The van der Waals surface area contributed by atoms with E-state index in [-0.39, 0.29) is 0 Å². The summed E-state index contributed by atoms with van der Waals surface area (Å²) < 4.78 is 6.91. The van der Waals surface area contributed by atoms with Crippen LogP contribution in [0.15, 0.2) is 15.2 Å². The summed E-state index contributed by atoms with van der Waals surface area (Å²) in [5.74, 6) is 1.02. The van der Waals surface area contributed by atoms with E-state index in [1.54, 1.807) is 11.3 Å². The minimum Gasteiger partial charge on any atom is -0.488 e. The van der Waals surface area contributed by atoms with Crippen molar-refractivity contribution in [3.05, 3.63) is 15.2 Å². The van der Waals surface area contributed by atoms with Crippen molar-refractivity contribution in [3.63, 3.8) is 0 Å². The van der Waals surface area contributed by atoms with Gasteiger partial charge >= 0.3 is 0 Å². The predicted molar refractivity (Wildman–Crippen MR) is 54.9 cm³/mol. The Morgan fingerprint density at radius 2 is 2.08 bits per heavy atom. The highest BCUT2D eigenvalue weighted by molar-refractivity contribution is 9.10. The van der Waals surface area contributed by atoms with Crippen molar-refractivity contribution in [2.75, 3.05) is 0 Å². The molecule has 2 rings (SSSR count). The van der Waals surface area contributed by atoms with Crippen LogP contribution in [0.4, 0.5) is 0 Å². The summed E-state index contributed by atoms with van der Waals surface area (Å²) in [5, 5.41) is 4.12. The second-order valence-corrected chi connectivity index (χ2v) is 4.71. The summed E-state index contributed by atoms with van der Waals surface area (Å²) in [6, 6.07) is 0. The first-order valence-corrected chi connectivity index (χ1v) is 5.98. The van der Waals surface area contributed by atoms with E-state index in [1.165, 1.54) is 25.7 Å². The molecule has 1 saturated carbocycles. The van der Waals surface area contributed by atoms with E-state index in [1.807, 2.05) is 0 Å². The van der Waals surface area contributed by atoms with Gasteiger partial charge in [-0.2, -0.15) is 0 Å². The van der Waals surface area contributed by atoms with Crippen LogP contribution in [0.5, 0.6) is 5.75 Å². The summed E-state index contributed by atoms with van der Waals surface area (Å²) in [6.07, 6.45) is 5.57. The Morgan fingerprint density at radius 1 is 1.33 bits per heavy atom. The summed E-state index contributed by atoms with van der Waals surface area (Å²) >= 11 is 5.14. The second-order valence-electron chi connectivity index (χ2n) is 3.11. The van der Waals surface area contributed by atoms with Crippen LogP contribution in [-0.4, -0.2) is 6.10 Å². The molecule has 1 aliphatic rings. The molecule has 0 amide bonds. The zero-order valence-electron chi connectivity index (χ0n) is 6.75. The van der Waals surface area contributed by atoms with Crippen LogP contribution in [0.25, 0.3) is 0 Å². The molecule has 1 aromatic heterocycles. The molecule has 0 N–H and O–H groups in total. The van der Waals surface area contributed by atoms with Gasteiger partial charge in [-0.25, -0.2) is 0 Å². The Bertz CT molecular complexity index is 253. The average molecular weight is 247 g/mol. The second kappa shape index (κ2) is 3.79. The van der Waals surface area contributed by atoms with Crippen LogP contribution in [0.2, 0.25) is 0 Å². The Kier molecular flexibility index (Phi) is 2.71. The predicted octanol–water partition coefficient (Wildman–Crippen LogP) is 3.83. The van der Waals surface area contributed by atoms with Crippen molar-refractivity contribution in [2.24, 2.45) is 0 Å². The fraction of sp³-hybridized carbons (Fsp3) is 0.556. The van der Waals surface area contributed by atoms with E-state index in [9.17, 15) is 0 Å². The third-order valence-corrected chi connectivity index (χ3v) is 3.82. The lowest BCUT2D eigenvalue weighted by Gasteiger charge is -2.11. The Balaban J connectivity index is 1.98. The number of halogens is 1. The molecule has 1 aromatic rings. The normalized spacial score (nSPS) is 18.4. The van der Waals surface area contributed by atoms with Crippen LogP contribution in [0.1, 0.15) is 25.7 Å². The first-order chi connectivity index (χ1) is 5.86. The molecule has 1 aliphatic carbocycles. The van der Waals surface area contributed by atoms with Gasteiger partial charge in [0.15, 0.2) is 0 Å². The molecule has 0 aliphatic heterocycles. The third kappa shape index (κ3) is 1.83. The topological polar surface area (TPSA) is 9.23 Å². The minimum absolute atomic E-state index is 0.468. The van der Waals surface area contributed by atoms with Gasteiger partial charge in [0.25, 0.3) is 0 Å². The third-order valence-electron chi connectivity index (χ3n) is 2.18. The molecular formula is C9H11BrOS. The molecule has 12 heavy (non-hydrogen) atoms. The highest BCUT2D eigenvalue weighted by atomic mass is 79.9. The number of hydrogen-bond donors (Lipinski definition) is 0. The number of hydrogen-bond acceptors (Lipinski definition) is 2. The van der Waals surface area contributed by atoms with Gasteiger partial charge in [0, 0.05) is 10.8 Å². The Hall–Kier alpha value is -0.0200. The SMILES string of the molecule is Brc1cscc1OC1CCCC1. The average Bonchev–Trinajstić information content (AvgIpc) is 2.65. The summed E-state index contributed by atoms with van der Waals surface area (Å²) in [4.78, 5) is 0. The monoisotopic (exact) mass is 246 g/mol. The molecule has 0 aromatic carbocycles. The molecule has 66 valence electrons. The van der Waals surface area contributed by atoms with E-state index >= 15 is 0 Å². The zero-order valence-corrected chi connectivity index (χ0v) is 9.16. The van der Waals surface area contributed by atoms with Crippen molar-refractivity contribution in [3.8, 4) is 5.75 Å². The largest absolute Gasteiger partial charge is 0.488 e. The van der Waals surface area contributed by atoms with Gasteiger partial charge in [-0.15, -0.1) is 11.3 Å². The van der Waals surface area contributed by atoms with Crippen LogP contribution < -0.4 is 4.74 Å². The van der Waals surface area contributed by atoms with E-state index in [0.29, 0.717) is 6.10 Å². The quantitative estimate of drug-likeness (QED) is 0.771. The van der Waals surface area contributed by atoms with Crippen molar-refractivity contribution in [1.29, 1.82) is 0 Å². The van der Waals surface area contributed by atoms with E-state index in [2.05, 4.69) is 26.7 Å². The van der Waals surface area contributed by atoms with Gasteiger partial charge in [-0.1, -0.05) is 0 Å². The first kappa shape index (κ1) is 8.57. The van der Waals surface area contributed by atoms with Gasteiger partial charge in [-0.3, -0.25) is 0 Å². The fourth-order valence-electron chi connectivity index (χ4n) is 1.54. The molecule has 1 nitrogen and oxygen atoms in total. The van der Waals surface area contributed by atoms with Crippen LogP contribution in [0.3, 0.4) is 0 Å². The molecule has 0 radical (unpaired) electrons. The van der Waals surface area contributed by atoms with E-state index < -0.39 is 0 Å². The fourth-order valence-corrected chi connectivity index (χ4v) is 2.83. The van der Waals surface area contributed by atoms with Gasteiger partial charge in [0.05, 0.1) is 10.6 Å². The minimum atomic E-state index is 0.468. The maximum atomic E-state index is 5.81. The number of thiophene rings is 1. The Labute approximate surface area is 84.9 Å². The van der Waals surface area contributed by atoms with Gasteiger partial charge < -0.3 is 4.74 Å². The van der Waals surface area contributed by atoms with Gasteiger partial charge in [-0.05, 0) is 41.6 Å². The number of ether oxygens (including phenoxy) is 1. The maximum Gasteiger partial charge on any atom is 0.144 e. The molecule has 1 fully saturated rings. The van der Waals surface area contributed by atoms with Gasteiger partial charge in [0.1, 0.15) is 5.75 Å². The standard InChI is InChI=1S/C9H11BrOS/c10-8-5-12-6-9(8)11-7-3-1-2-4-7/h5-7H,1-4H2. The van der Waals surface area contributed by atoms with Crippen molar-refractivity contribution in [2.45, 2.75) is 31.8 Å². The first-order valence-electron chi connectivity index (χ1n) is 4.24. The molecule has 3 heteroatoms. The molecule has 0 spiro atoms. The zero-order chi connectivity index (χ0) is 8.39. The lowest BCUT2D eigenvalue weighted by Crippen LogP contribution is -2.10. The van der Waals surface area contributed by atoms with E-state index in [4.69, 9.17) is 4.74 Å². The van der Waals surface area contributed by atoms with Crippen LogP contribution in [0, 0.1) is 0 Å². The van der Waals surface area contributed by atoms with Crippen molar-refractivity contribution in [1.82, 2.24) is 0 Å². The Morgan fingerprint density at radius 3 is 2.67 bits per heavy atom. The molecule has 0 unspecified atom stereocenters. The van der Waals surface area contributed by atoms with Crippen molar-refractivity contribution >= 4 is 27.3 Å². The lowest BCUT2D eigenvalue weighted by atomic mass is 10.3. The molecular weight excluding hydrogens is 236 g/mol. The van der Waals surface area contributed by atoms with E-state index in [0.717, 1.165) is 10.2 Å². The molecule has 0 saturated heterocycles. The van der Waals surface area contributed by atoms with Crippen molar-refractivity contribution < 1.29 is 4.74 Å².